The van der Waals surface area contributed by atoms with Crippen molar-refractivity contribution < 1.29 is 19.0 Å². The molecular formula is C22H34O4. The molecule has 0 amide bonds. The number of hydrogen-bond acceptors (Lipinski definition) is 4. The molecule has 26 heavy (non-hydrogen) atoms. The van der Waals surface area contributed by atoms with Crippen LogP contribution in [0.4, 0.5) is 0 Å². The van der Waals surface area contributed by atoms with Crippen molar-refractivity contribution in [3.8, 4) is 0 Å². The van der Waals surface area contributed by atoms with Gasteiger partial charge in [-0.3, -0.25) is 4.79 Å². The van der Waals surface area contributed by atoms with Crippen LogP contribution in [0.25, 0.3) is 0 Å². The Morgan fingerprint density at radius 2 is 2.04 bits per heavy atom. The van der Waals surface area contributed by atoms with Gasteiger partial charge in [-0.1, -0.05) is 40.3 Å². The third kappa shape index (κ3) is 2.73. The van der Waals surface area contributed by atoms with Crippen molar-refractivity contribution in [2.24, 2.45) is 16.7 Å². The van der Waals surface area contributed by atoms with Gasteiger partial charge in [0, 0.05) is 30.3 Å². The maximum absolute atomic E-state index is 12.3. The van der Waals surface area contributed by atoms with E-state index in [0.29, 0.717) is 0 Å². The van der Waals surface area contributed by atoms with Gasteiger partial charge >= 0.3 is 0 Å². The van der Waals surface area contributed by atoms with Gasteiger partial charge in [0.25, 0.3) is 0 Å². The lowest BCUT2D eigenvalue weighted by molar-refractivity contribution is -0.336. The summed E-state index contributed by atoms with van der Waals surface area (Å²) in [6.07, 6.45) is 9.74. The van der Waals surface area contributed by atoms with Crippen molar-refractivity contribution in [2.75, 3.05) is 13.9 Å². The van der Waals surface area contributed by atoms with Crippen molar-refractivity contribution >= 4 is 5.78 Å². The summed E-state index contributed by atoms with van der Waals surface area (Å²) in [4.78, 5) is 12.3. The van der Waals surface area contributed by atoms with Crippen molar-refractivity contribution in [1.29, 1.82) is 0 Å². The first-order valence-corrected chi connectivity index (χ1v) is 9.88. The van der Waals surface area contributed by atoms with E-state index in [1.54, 1.807) is 13.2 Å². The van der Waals surface area contributed by atoms with Crippen LogP contribution in [-0.2, 0) is 19.0 Å². The van der Waals surface area contributed by atoms with Crippen LogP contribution >= 0.6 is 0 Å². The van der Waals surface area contributed by atoms with E-state index in [0.717, 1.165) is 32.1 Å². The highest BCUT2D eigenvalue weighted by Gasteiger charge is 2.72. The van der Waals surface area contributed by atoms with Crippen LogP contribution in [-0.4, -0.2) is 31.1 Å². The van der Waals surface area contributed by atoms with Crippen molar-refractivity contribution in [2.45, 2.75) is 77.6 Å². The first-order valence-electron chi connectivity index (χ1n) is 9.88. The van der Waals surface area contributed by atoms with Crippen LogP contribution in [0.1, 0.15) is 66.2 Å². The van der Waals surface area contributed by atoms with Gasteiger partial charge < -0.3 is 14.2 Å². The molecule has 0 radical (unpaired) electrons. The third-order valence-corrected chi connectivity index (χ3v) is 7.18. The standard InChI is InChI=1S/C22H34O4/c1-16(2)18(23)9-11-20(5)14-21-17(3)8-7-10-19(21,4)12-13-22(20,26-21)25-15-24-6/h9,11,16H,3,7-8,10,12-15H2,1-2,4-6H3/b11-9+/t19-,20+,21-,22+/m0/s1. The van der Waals surface area contributed by atoms with Crippen LogP contribution in [0.15, 0.2) is 24.3 Å². The predicted molar refractivity (Wildman–Crippen MR) is 102 cm³/mol. The Balaban J connectivity index is 2.03. The smallest absolute Gasteiger partial charge is 0.181 e. The molecule has 4 atom stereocenters. The lowest BCUT2D eigenvalue weighted by Gasteiger charge is -2.55. The topological polar surface area (TPSA) is 44.8 Å². The molecule has 3 aliphatic rings. The quantitative estimate of drug-likeness (QED) is 0.387. The molecule has 0 aromatic carbocycles. The molecule has 0 N–H and O–H groups in total. The molecule has 0 aromatic rings. The van der Waals surface area contributed by atoms with Crippen molar-refractivity contribution in [3.63, 3.8) is 0 Å². The molecule has 4 heteroatoms. The highest BCUT2D eigenvalue weighted by molar-refractivity contribution is 5.91. The number of rotatable bonds is 6. The Labute approximate surface area is 158 Å². The molecule has 1 saturated carbocycles. The number of methoxy groups -OCH3 is 1. The Morgan fingerprint density at radius 3 is 2.69 bits per heavy atom. The molecule has 0 unspecified atom stereocenters. The highest BCUT2D eigenvalue weighted by Crippen LogP contribution is 2.69. The van der Waals surface area contributed by atoms with Gasteiger partial charge in [-0.2, -0.15) is 0 Å². The Hall–Kier alpha value is -0.970. The summed E-state index contributed by atoms with van der Waals surface area (Å²) in [5.41, 5.74) is 0.491. The number of ether oxygens (including phenoxy) is 3. The average Bonchev–Trinajstić information content (AvgIpc) is 2.82. The zero-order valence-corrected chi connectivity index (χ0v) is 17.0. The van der Waals surface area contributed by atoms with E-state index in [1.807, 2.05) is 19.9 Å². The van der Waals surface area contributed by atoms with E-state index < -0.39 is 11.2 Å². The largest absolute Gasteiger partial charge is 0.359 e. The second-order valence-corrected chi connectivity index (χ2v) is 9.24. The van der Waals surface area contributed by atoms with Gasteiger partial charge in [0.2, 0.25) is 0 Å². The first-order chi connectivity index (χ1) is 12.1. The summed E-state index contributed by atoms with van der Waals surface area (Å²) >= 11 is 0. The third-order valence-electron chi connectivity index (χ3n) is 7.18. The van der Waals surface area contributed by atoms with E-state index in [-0.39, 0.29) is 29.5 Å². The number of carbonyl (C=O) groups excluding carboxylic acids is 1. The number of hydrogen-bond donors (Lipinski definition) is 0. The summed E-state index contributed by atoms with van der Waals surface area (Å²) in [7, 11) is 1.63. The van der Waals surface area contributed by atoms with Gasteiger partial charge in [0.15, 0.2) is 11.6 Å². The Bertz CT molecular complexity index is 624. The van der Waals surface area contributed by atoms with E-state index in [2.05, 4.69) is 20.4 Å². The molecule has 2 heterocycles. The molecule has 2 saturated heterocycles. The fraction of sp³-hybridized carbons (Fsp3) is 0.773. The summed E-state index contributed by atoms with van der Waals surface area (Å²) in [6, 6.07) is 0. The lowest BCUT2D eigenvalue weighted by atomic mass is 9.58. The number of carbonyl (C=O) groups is 1. The Morgan fingerprint density at radius 1 is 1.31 bits per heavy atom. The zero-order chi connectivity index (χ0) is 19.2. The minimum atomic E-state index is -0.767. The van der Waals surface area contributed by atoms with E-state index in [4.69, 9.17) is 14.2 Å². The van der Waals surface area contributed by atoms with Crippen LogP contribution < -0.4 is 0 Å². The summed E-state index contributed by atoms with van der Waals surface area (Å²) in [5.74, 6) is -0.644. The first kappa shape index (κ1) is 19.8. The molecule has 146 valence electrons. The molecule has 2 bridgehead atoms. The maximum atomic E-state index is 12.3. The van der Waals surface area contributed by atoms with Gasteiger partial charge in [-0.25, -0.2) is 0 Å². The van der Waals surface area contributed by atoms with Crippen molar-refractivity contribution in [3.05, 3.63) is 24.3 Å². The van der Waals surface area contributed by atoms with E-state index in [1.165, 1.54) is 12.0 Å². The number of allylic oxidation sites excluding steroid dienone is 1. The van der Waals surface area contributed by atoms with Crippen LogP contribution in [0.5, 0.6) is 0 Å². The zero-order valence-electron chi connectivity index (χ0n) is 17.0. The van der Waals surface area contributed by atoms with Gasteiger partial charge in [-0.05, 0) is 43.8 Å². The van der Waals surface area contributed by atoms with E-state index in [9.17, 15) is 4.79 Å². The molecule has 1 aliphatic carbocycles. The lowest BCUT2D eigenvalue weighted by Crippen LogP contribution is -2.57. The monoisotopic (exact) mass is 362 g/mol. The predicted octanol–water partition coefficient (Wildman–Crippen LogP) is 4.79. The highest BCUT2D eigenvalue weighted by atomic mass is 16.8. The SMILES string of the molecule is C=C1CCC[C@@]2(C)CC[C@@]3(OCOC)O[C@@]12C[C@@]3(C)/C=C/C(=O)C(C)C. The normalized spacial score (nSPS) is 42.5. The summed E-state index contributed by atoms with van der Waals surface area (Å²) in [5, 5.41) is 0. The van der Waals surface area contributed by atoms with E-state index >= 15 is 0 Å². The fourth-order valence-electron chi connectivity index (χ4n) is 5.31. The second kappa shape index (κ2) is 6.57. The minimum Gasteiger partial charge on any atom is -0.359 e. The summed E-state index contributed by atoms with van der Waals surface area (Å²) in [6.45, 7) is 12.9. The minimum absolute atomic E-state index is 0.0135. The van der Waals surface area contributed by atoms with Crippen LogP contribution in [0.2, 0.25) is 0 Å². The van der Waals surface area contributed by atoms with Crippen LogP contribution in [0.3, 0.4) is 0 Å². The molecule has 3 rings (SSSR count). The van der Waals surface area contributed by atoms with Crippen LogP contribution in [0, 0.1) is 16.7 Å². The van der Waals surface area contributed by atoms with Gasteiger partial charge in [0.05, 0.1) is 5.60 Å². The molecule has 2 aliphatic heterocycles. The molecule has 4 nitrogen and oxygen atoms in total. The molecule has 3 fully saturated rings. The molecular weight excluding hydrogens is 328 g/mol. The molecule has 1 spiro atoms. The molecule has 0 aromatic heterocycles. The number of ketones is 1. The number of fused-ring (bicyclic) bond motifs is 1. The summed E-state index contributed by atoms with van der Waals surface area (Å²) < 4.78 is 18.3. The van der Waals surface area contributed by atoms with Gasteiger partial charge in [0.1, 0.15) is 6.79 Å². The second-order valence-electron chi connectivity index (χ2n) is 9.24. The van der Waals surface area contributed by atoms with Crippen molar-refractivity contribution in [1.82, 2.24) is 0 Å². The Kier molecular flexibility index (Phi) is 5.00. The van der Waals surface area contributed by atoms with Gasteiger partial charge in [-0.15, -0.1) is 0 Å². The maximum Gasteiger partial charge on any atom is 0.181 e. The fourth-order valence-corrected chi connectivity index (χ4v) is 5.31. The average molecular weight is 363 g/mol.